The first-order chi connectivity index (χ1) is 13.3. The van der Waals surface area contributed by atoms with E-state index < -0.39 is 11.2 Å². The second-order valence-corrected chi connectivity index (χ2v) is 8.32. The van der Waals surface area contributed by atoms with E-state index in [4.69, 9.17) is 40.5 Å². The van der Waals surface area contributed by atoms with Gasteiger partial charge in [-0.25, -0.2) is 0 Å². The molecule has 0 aromatic heterocycles. The summed E-state index contributed by atoms with van der Waals surface area (Å²) in [7, 11) is 0. The number of nitrogens with two attached hydrogens (primary N) is 1. The van der Waals surface area contributed by atoms with E-state index in [1.165, 1.54) is 4.90 Å². The lowest BCUT2D eigenvalue weighted by molar-refractivity contribution is -0.117. The average Bonchev–Trinajstić information content (AvgIpc) is 2.95. The summed E-state index contributed by atoms with van der Waals surface area (Å²) < 4.78 is 0. The summed E-state index contributed by atoms with van der Waals surface area (Å²) in [6.07, 6.45) is 0.296. The Kier molecular flexibility index (Phi) is 6.21. The normalized spacial score (nSPS) is 18.1. The molecule has 0 spiro atoms. The van der Waals surface area contributed by atoms with E-state index in [0.717, 1.165) is 17.3 Å². The molecule has 1 fully saturated rings. The fourth-order valence-corrected chi connectivity index (χ4v) is 4.63. The third kappa shape index (κ3) is 4.13. The Morgan fingerprint density at radius 2 is 1.79 bits per heavy atom. The van der Waals surface area contributed by atoms with Gasteiger partial charge in [0.2, 0.25) is 5.91 Å². The Hall–Kier alpha value is -2.17. The molecule has 5 nitrogen and oxygen atoms in total. The van der Waals surface area contributed by atoms with Gasteiger partial charge in [0.25, 0.3) is 5.91 Å². The van der Waals surface area contributed by atoms with Gasteiger partial charge >= 0.3 is 0 Å². The number of nitriles is 1. The van der Waals surface area contributed by atoms with Crippen molar-refractivity contribution >= 4 is 64.1 Å². The highest BCUT2D eigenvalue weighted by atomic mass is 35.5. The van der Waals surface area contributed by atoms with Gasteiger partial charge in [-0.05, 0) is 48.4 Å². The van der Waals surface area contributed by atoms with E-state index in [-0.39, 0.29) is 16.5 Å². The van der Waals surface area contributed by atoms with Crippen LogP contribution in [0, 0.1) is 11.3 Å². The van der Waals surface area contributed by atoms with Crippen molar-refractivity contribution in [3.05, 3.63) is 73.7 Å². The van der Waals surface area contributed by atoms with Gasteiger partial charge in [0.15, 0.2) is 0 Å². The van der Waals surface area contributed by atoms with E-state index in [1.54, 1.807) is 48.5 Å². The minimum absolute atomic E-state index is 0.192. The number of hydrogen-bond donors (Lipinski definition) is 1. The first-order valence-electron chi connectivity index (χ1n) is 7.96. The summed E-state index contributed by atoms with van der Waals surface area (Å²) in [5, 5.41) is 10.4. The first kappa shape index (κ1) is 20.6. The van der Waals surface area contributed by atoms with Crippen LogP contribution in [-0.4, -0.2) is 17.1 Å². The maximum absolute atomic E-state index is 13.1. The fourth-order valence-electron chi connectivity index (χ4n) is 2.71. The number of rotatable bonds is 4. The molecule has 1 atom stereocenters. The molecule has 1 saturated heterocycles. The monoisotopic (exact) mass is 451 g/mol. The first-order valence-corrected chi connectivity index (χ1v) is 9.97. The molecule has 0 bridgehead atoms. The van der Waals surface area contributed by atoms with Crippen LogP contribution in [0.5, 0.6) is 0 Å². The molecule has 2 aromatic carbocycles. The van der Waals surface area contributed by atoms with Crippen LogP contribution in [-0.2, 0) is 16.0 Å². The van der Waals surface area contributed by atoms with E-state index in [9.17, 15) is 14.9 Å². The molecule has 2 N–H and O–H groups in total. The van der Waals surface area contributed by atoms with Gasteiger partial charge in [-0.2, -0.15) is 5.26 Å². The standard InChI is InChI=1S/C19H12Cl3N3O2S/c20-11-3-5-13(6-4-11)25-18(27)16(28-19(25)14(9-23)17(24)26)7-10-1-2-12(21)8-15(10)22/h1-6,8,16H,7H2,(H2,24,26)/b19-14-. The number of halogens is 3. The smallest absolute Gasteiger partial charge is 0.262 e. The number of thioether (sulfide) groups is 1. The second-order valence-electron chi connectivity index (χ2n) is 5.85. The zero-order chi connectivity index (χ0) is 20.4. The predicted molar refractivity (Wildman–Crippen MR) is 112 cm³/mol. The molecule has 1 heterocycles. The molecule has 1 aliphatic heterocycles. The number of benzene rings is 2. The molecular formula is C19H12Cl3N3O2S. The highest BCUT2D eigenvalue weighted by molar-refractivity contribution is 8.05. The van der Waals surface area contributed by atoms with Gasteiger partial charge in [0.05, 0.1) is 5.25 Å². The summed E-state index contributed by atoms with van der Waals surface area (Å²) in [6, 6.07) is 13.3. The highest BCUT2D eigenvalue weighted by Crippen LogP contribution is 2.42. The van der Waals surface area contributed by atoms with E-state index in [0.29, 0.717) is 27.2 Å². The molecule has 142 valence electrons. The van der Waals surface area contributed by atoms with Gasteiger partial charge in [-0.15, -0.1) is 0 Å². The molecule has 0 aliphatic carbocycles. The van der Waals surface area contributed by atoms with Crippen molar-refractivity contribution in [3.63, 3.8) is 0 Å². The third-order valence-corrected chi connectivity index (χ3v) is 6.13. The van der Waals surface area contributed by atoms with Crippen LogP contribution in [0.25, 0.3) is 0 Å². The molecule has 1 aliphatic rings. The van der Waals surface area contributed by atoms with Crippen molar-refractivity contribution in [2.24, 2.45) is 5.73 Å². The number of primary amides is 1. The van der Waals surface area contributed by atoms with Crippen LogP contribution in [0.15, 0.2) is 53.1 Å². The number of amides is 2. The van der Waals surface area contributed by atoms with Gasteiger partial charge in [-0.3, -0.25) is 14.5 Å². The molecule has 2 amide bonds. The maximum Gasteiger partial charge on any atom is 0.262 e. The molecule has 0 radical (unpaired) electrons. The van der Waals surface area contributed by atoms with Crippen LogP contribution < -0.4 is 10.6 Å². The van der Waals surface area contributed by atoms with Gasteiger partial charge < -0.3 is 5.73 Å². The summed E-state index contributed by atoms with van der Waals surface area (Å²) in [4.78, 5) is 26.2. The Morgan fingerprint density at radius 3 is 2.36 bits per heavy atom. The van der Waals surface area contributed by atoms with Crippen molar-refractivity contribution in [1.29, 1.82) is 5.26 Å². The fraction of sp³-hybridized carbons (Fsp3) is 0.105. The summed E-state index contributed by atoms with van der Waals surface area (Å²) in [6.45, 7) is 0. The van der Waals surface area contributed by atoms with Gasteiger partial charge in [-0.1, -0.05) is 52.6 Å². The number of carbonyl (C=O) groups is 2. The van der Waals surface area contributed by atoms with Crippen LogP contribution in [0.2, 0.25) is 15.1 Å². The quantitative estimate of drug-likeness (QED) is 0.544. The van der Waals surface area contributed by atoms with E-state index in [1.807, 2.05) is 0 Å². The Morgan fingerprint density at radius 1 is 1.14 bits per heavy atom. The number of nitrogens with zero attached hydrogens (tertiary/aromatic N) is 2. The molecule has 1 unspecified atom stereocenters. The van der Waals surface area contributed by atoms with Crippen LogP contribution in [0.4, 0.5) is 5.69 Å². The van der Waals surface area contributed by atoms with Crippen LogP contribution in [0.3, 0.4) is 0 Å². The lowest BCUT2D eigenvalue weighted by Gasteiger charge is -2.18. The second kappa shape index (κ2) is 8.46. The van der Waals surface area contributed by atoms with Gasteiger partial charge in [0.1, 0.15) is 16.7 Å². The van der Waals surface area contributed by atoms with Crippen molar-refractivity contribution in [2.75, 3.05) is 4.90 Å². The zero-order valence-corrected chi connectivity index (χ0v) is 17.2. The predicted octanol–water partition coefficient (Wildman–Crippen LogP) is 4.56. The van der Waals surface area contributed by atoms with Crippen molar-refractivity contribution in [2.45, 2.75) is 11.7 Å². The number of hydrogen-bond acceptors (Lipinski definition) is 4. The topological polar surface area (TPSA) is 87.2 Å². The Bertz CT molecular complexity index is 1030. The van der Waals surface area contributed by atoms with Crippen LogP contribution in [0.1, 0.15) is 5.56 Å². The molecule has 28 heavy (non-hydrogen) atoms. The van der Waals surface area contributed by atoms with Crippen molar-refractivity contribution in [3.8, 4) is 6.07 Å². The summed E-state index contributed by atoms with van der Waals surface area (Å²) in [5.74, 6) is -1.19. The van der Waals surface area contributed by atoms with Gasteiger partial charge in [0, 0.05) is 20.8 Å². The van der Waals surface area contributed by atoms with E-state index in [2.05, 4.69) is 0 Å². The summed E-state index contributed by atoms with van der Waals surface area (Å²) in [5.41, 5.74) is 6.28. The molecule has 9 heteroatoms. The minimum atomic E-state index is -0.901. The van der Waals surface area contributed by atoms with E-state index >= 15 is 0 Å². The molecule has 2 aromatic rings. The highest BCUT2D eigenvalue weighted by Gasteiger charge is 2.40. The number of anilines is 1. The molecular weight excluding hydrogens is 441 g/mol. The number of carbonyl (C=O) groups excluding carboxylic acids is 2. The van der Waals surface area contributed by atoms with Crippen molar-refractivity contribution < 1.29 is 9.59 Å². The van der Waals surface area contributed by atoms with Crippen molar-refractivity contribution in [1.82, 2.24) is 0 Å². The minimum Gasteiger partial charge on any atom is -0.365 e. The summed E-state index contributed by atoms with van der Waals surface area (Å²) >= 11 is 19.2. The largest absolute Gasteiger partial charge is 0.365 e. The van der Waals surface area contributed by atoms with Crippen LogP contribution >= 0.6 is 46.6 Å². The Balaban J connectivity index is 2.04. The lowest BCUT2D eigenvalue weighted by Crippen LogP contribution is -2.31. The SMILES string of the molecule is N#C/C(C(N)=O)=C1/SC(Cc2ccc(Cl)cc2Cl)C(=O)N1c1ccc(Cl)cc1. The molecule has 3 rings (SSSR count). The maximum atomic E-state index is 13.1. The zero-order valence-electron chi connectivity index (χ0n) is 14.2. The molecule has 0 saturated carbocycles. The lowest BCUT2D eigenvalue weighted by atomic mass is 10.1. The third-order valence-electron chi connectivity index (χ3n) is 4.03. The average molecular weight is 453 g/mol. The Labute approximate surface area is 180 Å².